The second-order valence-corrected chi connectivity index (χ2v) is 8.16. The van der Waals surface area contributed by atoms with Gasteiger partial charge in [0.2, 0.25) is 11.7 Å². The second kappa shape index (κ2) is 7.91. The van der Waals surface area contributed by atoms with Crippen LogP contribution in [0.1, 0.15) is 29.2 Å². The molecule has 152 valence electrons. The smallest absolute Gasteiger partial charge is 0.292 e. The maximum absolute atomic E-state index is 13.1. The van der Waals surface area contributed by atoms with Gasteiger partial charge in [-0.2, -0.15) is 5.10 Å². The fourth-order valence-electron chi connectivity index (χ4n) is 3.37. The minimum absolute atomic E-state index is 0.0529. The molecule has 0 saturated carbocycles. The molecule has 1 N–H and O–H groups in total. The van der Waals surface area contributed by atoms with Gasteiger partial charge in [-0.3, -0.25) is 19.3 Å². The molecule has 29 heavy (non-hydrogen) atoms. The summed E-state index contributed by atoms with van der Waals surface area (Å²) in [7, 11) is 0. The summed E-state index contributed by atoms with van der Waals surface area (Å²) in [5.41, 5.74) is 0.661. The van der Waals surface area contributed by atoms with E-state index in [1.165, 1.54) is 11.3 Å². The summed E-state index contributed by atoms with van der Waals surface area (Å²) in [6.07, 6.45) is 0. The van der Waals surface area contributed by atoms with Crippen molar-refractivity contribution in [1.82, 2.24) is 29.7 Å². The Bertz CT molecular complexity index is 1080. The summed E-state index contributed by atoms with van der Waals surface area (Å²) in [6.45, 7) is 5.35. The summed E-state index contributed by atoms with van der Waals surface area (Å²) in [4.78, 5) is 30.0. The fourth-order valence-corrected chi connectivity index (χ4v) is 4.37. The highest BCUT2D eigenvalue weighted by molar-refractivity contribution is 7.71. The molecule has 3 aromatic rings. The van der Waals surface area contributed by atoms with Crippen molar-refractivity contribution in [2.75, 3.05) is 26.2 Å². The Morgan fingerprint density at radius 3 is 2.62 bits per heavy atom. The van der Waals surface area contributed by atoms with Gasteiger partial charge in [0.05, 0.1) is 10.6 Å². The SMILES string of the molecule is Cc1cc(C(=O)N2CCN(C(=O)C(C)n3c(-c4cccs4)n[nH]c3=S)CC2)on1. The number of aromatic amines is 1. The van der Waals surface area contributed by atoms with Crippen molar-refractivity contribution in [1.29, 1.82) is 0 Å². The molecule has 9 nitrogen and oxygen atoms in total. The Morgan fingerprint density at radius 1 is 1.28 bits per heavy atom. The number of amides is 2. The quantitative estimate of drug-likeness (QED) is 0.636. The standard InChI is InChI=1S/C18H20N6O3S2/c1-11-10-13(27-21-11)17(26)23-7-5-22(6-8-23)16(25)12(2)24-15(19-20-18(24)28)14-4-3-9-29-14/h3-4,9-10,12H,5-8H2,1-2H3,(H,20,28). The number of H-pyrrole nitrogens is 1. The molecule has 2 amide bonds. The van der Waals surface area contributed by atoms with Gasteiger partial charge in [-0.1, -0.05) is 11.2 Å². The number of carbonyl (C=O) groups is 2. The summed E-state index contributed by atoms with van der Waals surface area (Å²) in [5.74, 6) is 0.618. The van der Waals surface area contributed by atoms with Gasteiger partial charge in [-0.25, -0.2) is 0 Å². The Morgan fingerprint density at radius 2 is 2.00 bits per heavy atom. The van der Waals surface area contributed by atoms with Crippen LogP contribution in [0.15, 0.2) is 28.1 Å². The Balaban J connectivity index is 1.45. The minimum Gasteiger partial charge on any atom is -0.351 e. The first-order valence-corrected chi connectivity index (χ1v) is 10.5. The lowest BCUT2D eigenvalue weighted by atomic mass is 10.2. The molecule has 0 bridgehead atoms. The summed E-state index contributed by atoms with van der Waals surface area (Å²) < 4.78 is 7.21. The molecule has 11 heteroatoms. The Kier molecular flexibility index (Phi) is 5.33. The van der Waals surface area contributed by atoms with Crippen LogP contribution >= 0.6 is 23.6 Å². The van der Waals surface area contributed by atoms with E-state index in [1.807, 2.05) is 24.4 Å². The summed E-state index contributed by atoms with van der Waals surface area (Å²) >= 11 is 6.90. The summed E-state index contributed by atoms with van der Waals surface area (Å²) in [5, 5.41) is 12.8. The fraction of sp³-hybridized carbons (Fsp3) is 0.389. The third-order valence-electron chi connectivity index (χ3n) is 4.91. The zero-order valence-corrected chi connectivity index (χ0v) is 17.6. The molecule has 4 heterocycles. The highest BCUT2D eigenvalue weighted by Crippen LogP contribution is 2.26. The van der Waals surface area contributed by atoms with E-state index in [4.69, 9.17) is 16.7 Å². The maximum Gasteiger partial charge on any atom is 0.292 e. The van der Waals surface area contributed by atoms with Crippen molar-refractivity contribution in [3.63, 3.8) is 0 Å². The van der Waals surface area contributed by atoms with E-state index in [1.54, 1.807) is 27.4 Å². The molecular weight excluding hydrogens is 412 g/mol. The number of rotatable bonds is 4. The largest absolute Gasteiger partial charge is 0.351 e. The highest BCUT2D eigenvalue weighted by atomic mass is 32.1. The van der Waals surface area contributed by atoms with Gasteiger partial charge in [-0.05, 0) is 37.5 Å². The third-order valence-corrected chi connectivity index (χ3v) is 6.06. The van der Waals surface area contributed by atoms with Gasteiger partial charge in [0.15, 0.2) is 10.6 Å². The first kappa shape index (κ1) is 19.5. The summed E-state index contributed by atoms with van der Waals surface area (Å²) in [6, 6.07) is 4.99. The first-order valence-electron chi connectivity index (χ1n) is 9.18. The molecule has 3 aromatic heterocycles. The number of nitrogens with one attached hydrogen (secondary N) is 1. The van der Waals surface area contributed by atoms with Gasteiger partial charge in [0, 0.05) is 32.2 Å². The van der Waals surface area contributed by atoms with Crippen LogP contribution in [0.5, 0.6) is 0 Å². The number of nitrogens with zero attached hydrogens (tertiary/aromatic N) is 5. The lowest BCUT2D eigenvalue weighted by Gasteiger charge is -2.35. The molecule has 4 rings (SSSR count). The van der Waals surface area contributed by atoms with E-state index in [0.29, 0.717) is 42.5 Å². The van der Waals surface area contributed by atoms with Crippen molar-refractivity contribution in [2.45, 2.75) is 19.9 Å². The lowest BCUT2D eigenvalue weighted by Crippen LogP contribution is -2.51. The van der Waals surface area contributed by atoms with Crippen LogP contribution in [-0.2, 0) is 4.79 Å². The monoisotopic (exact) mass is 432 g/mol. The third kappa shape index (κ3) is 3.75. The van der Waals surface area contributed by atoms with E-state index in [9.17, 15) is 9.59 Å². The average molecular weight is 433 g/mol. The number of piperazine rings is 1. The average Bonchev–Trinajstić information content (AvgIpc) is 3.47. The van der Waals surface area contributed by atoms with Crippen LogP contribution in [0.2, 0.25) is 0 Å². The molecule has 1 unspecified atom stereocenters. The zero-order chi connectivity index (χ0) is 20.5. The number of carbonyl (C=O) groups excluding carboxylic acids is 2. The zero-order valence-electron chi connectivity index (χ0n) is 16.0. The topological polar surface area (TPSA) is 100 Å². The van der Waals surface area contributed by atoms with Crippen molar-refractivity contribution >= 4 is 35.4 Å². The minimum atomic E-state index is -0.502. The molecule has 1 atom stereocenters. The molecular formula is C18H20N6O3S2. The van der Waals surface area contributed by atoms with Crippen molar-refractivity contribution in [3.05, 3.63) is 39.8 Å². The predicted octanol–water partition coefficient (Wildman–Crippen LogP) is 2.51. The van der Waals surface area contributed by atoms with Gasteiger partial charge in [0.1, 0.15) is 6.04 Å². The van der Waals surface area contributed by atoms with Gasteiger partial charge in [0.25, 0.3) is 5.91 Å². The number of aromatic nitrogens is 4. The van der Waals surface area contributed by atoms with Crippen LogP contribution in [0.4, 0.5) is 0 Å². The predicted molar refractivity (Wildman–Crippen MR) is 109 cm³/mol. The van der Waals surface area contributed by atoms with Crippen LogP contribution < -0.4 is 0 Å². The molecule has 1 fully saturated rings. The maximum atomic E-state index is 13.1. The first-order chi connectivity index (χ1) is 14.0. The Hall–Kier alpha value is -2.79. The van der Waals surface area contributed by atoms with Crippen LogP contribution in [0.25, 0.3) is 10.7 Å². The van der Waals surface area contributed by atoms with Gasteiger partial charge in [-0.15, -0.1) is 11.3 Å². The van der Waals surface area contributed by atoms with Crippen LogP contribution in [-0.4, -0.2) is 67.7 Å². The lowest BCUT2D eigenvalue weighted by molar-refractivity contribution is -0.135. The Labute approximate surface area is 175 Å². The molecule has 0 radical (unpaired) electrons. The van der Waals surface area contributed by atoms with Gasteiger partial charge >= 0.3 is 0 Å². The van der Waals surface area contributed by atoms with Crippen LogP contribution in [0.3, 0.4) is 0 Å². The number of hydrogen-bond donors (Lipinski definition) is 1. The molecule has 0 spiro atoms. The van der Waals surface area contributed by atoms with E-state index in [-0.39, 0.29) is 17.6 Å². The molecule has 1 aliphatic rings. The number of hydrogen-bond acceptors (Lipinski definition) is 7. The normalized spacial score (nSPS) is 15.5. The second-order valence-electron chi connectivity index (χ2n) is 6.83. The van der Waals surface area contributed by atoms with E-state index < -0.39 is 6.04 Å². The van der Waals surface area contributed by atoms with Crippen molar-refractivity contribution in [3.8, 4) is 10.7 Å². The van der Waals surface area contributed by atoms with Crippen molar-refractivity contribution < 1.29 is 14.1 Å². The van der Waals surface area contributed by atoms with Crippen molar-refractivity contribution in [2.24, 2.45) is 0 Å². The highest BCUT2D eigenvalue weighted by Gasteiger charge is 2.30. The molecule has 1 aliphatic heterocycles. The van der Waals surface area contributed by atoms with Gasteiger partial charge < -0.3 is 14.3 Å². The molecule has 1 saturated heterocycles. The van der Waals surface area contributed by atoms with E-state index >= 15 is 0 Å². The molecule has 0 aliphatic carbocycles. The molecule has 0 aromatic carbocycles. The number of thiophene rings is 1. The van der Waals surface area contributed by atoms with E-state index in [0.717, 1.165) is 4.88 Å². The van der Waals surface area contributed by atoms with E-state index in [2.05, 4.69) is 15.4 Å². The van der Waals surface area contributed by atoms with Crippen LogP contribution in [0, 0.1) is 11.7 Å². The number of aryl methyl sites for hydroxylation is 1.